The molecule has 0 spiro atoms. The molecule has 0 saturated carbocycles. The Morgan fingerprint density at radius 2 is 2.08 bits per heavy atom. The van der Waals surface area contributed by atoms with Crippen molar-refractivity contribution in [2.75, 3.05) is 12.4 Å². The van der Waals surface area contributed by atoms with Crippen molar-refractivity contribution in [3.8, 4) is 5.75 Å². The number of nitrogens with zero attached hydrogens (tertiary/aromatic N) is 1. The van der Waals surface area contributed by atoms with Crippen LogP contribution < -0.4 is 10.1 Å². The second kappa shape index (κ2) is 7.69. The van der Waals surface area contributed by atoms with Gasteiger partial charge in [0.15, 0.2) is 18.1 Å². The van der Waals surface area contributed by atoms with Crippen LogP contribution in [0.4, 0.5) is 5.69 Å². The number of benzene rings is 2. The van der Waals surface area contributed by atoms with Crippen molar-refractivity contribution in [1.29, 1.82) is 0 Å². The normalized spacial score (nSPS) is 11.8. The minimum absolute atomic E-state index is 0.305. The molecule has 0 aliphatic carbocycles. The van der Waals surface area contributed by atoms with Gasteiger partial charge >= 0.3 is 5.97 Å². The van der Waals surface area contributed by atoms with Crippen molar-refractivity contribution >= 4 is 28.7 Å². The molecule has 0 bridgehead atoms. The molecule has 0 aliphatic heterocycles. The van der Waals surface area contributed by atoms with Crippen LogP contribution in [0.1, 0.15) is 23.7 Å². The van der Waals surface area contributed by atoms with Crippen LogP contribution in [0, 0.1) is 0 Å². The third-order valence-corrected chi connectivity index (χ3v) is 3.82. The highest BCUT2D eigenvalue weighted by Gasteiger charge is 2.22. The number of esters is 1. The Morgan fingerprint density at radius 1 is 1.23 bits per heavy atom. The first-order valence-corrected chi connectivity index (χ1v) is 8.10. The van der Waals surface area contributed by atoms with Gasteiger partial charge in [-0.15, -0.1) is 0 Å². The lowest BCUT2D eigenvalue weighted by Gasteiger charge is -2.16. The largest absolute Gasteiger partial charge is 0.497 e. The fraction of sp³-hybridized carbons (Fsp3) is 0.211. The van der Waals surface area contributed by atoms with Crippen LogP contribution >= 0.6 is 0 Å². The summed E-state index contributed by atoms with van der Waals surface area (Å²) in [7, 11) is 1.54. The van der Waals surface area contributed by atoms with Gasteiger partial charge in [-0.2, -0.15) is 0 Å². The van der Waals surface area contributed by atoms with Gasteiger partial charge in [-0.05, 0) is 36.8 Å². The molecule has 26 heavy (non-hydrogen) atoms. The number of ether oxygens (including phenoxy) is 2. The Labute approximate surface area is 149 Å². The average molecular weight is 354 g/mol. The number of rotatable bonds is 6. The van der Waals surface area contributed by atoms with Crippen molar-refractivity contribution < 1.29 is 23.5 Å². The monoisotopic (exact) mass is 354 g/mol. The number of carbonyl (C=O) groups is 2. The quantitative estimate of drug-likeness (QED) is 0.682. The zero-order valence-corrected chi connectivity index (χ0v) is 14.4. The second-order valence-corrected chi connectivity index (χ2v) is 5.56. The summed E-state index contributed by atoms with van der Waals surface area (Å²) in [4.78, 5) is 28.8. The molecule has 0 aliphatic rings. The number of nitrogens with one attached hydrogen (secondary N) is 1. The highest BCUT2D eigenvalue weighted by Crippen LogP contribution is 2.19. The van der Waals surface area contributed by atoms with Crippen molar-refractivity contribution in [3.05, 3.63) is 54.4 Å². The van der Waals surface area contributed by atoms with Gasteiger partial charge in [0.2, 0.25) is 0 Å². The van der Waals surface area contributed by atoms with E-state index in [0.717, 1.165) is 0 Å². The molecule has 7 nitrogen and oxygen atoms in total. The second-order valence-electron chi connectivity index (χ2n) is 5.56. The minimum Gasteiger partial charge on any atom is -0.497 e. The first-order chi connectivity index (χ1) is 12.6. The van der Waals surface area contributed by atoms with Crippen molar-refractivity contribution in [2.24, 2.45) is 0 Å². The molecule has 1 unspecified atom stereocenters. The first kappa shape index (κ1) is 17.5. The summed E-state index contributed by atoms with van der Waals surface area (Å²) in [6.45, 7) is 1.77. The maximum atomic E-state index is 12.4. The average Bonchev–Trinajstić information content (AvgIpc) is 3.13. The molecule has 1 aromatic heterocycles. The van der Waals surface area contributed by atoms with Gasteiger partial charge in [-0.25, -0.2) is 9.78 Å². The molecular formula is C19H18N2O5. The molecule has 0 saturated heterocycles. The molecule has 7 heteroatoms. The standard InChI is InChI=1S/C19H18N2O5/c1-3-16(18(22)21-13-5-4-6-14(10-13)24-2)26-19(23)12-7-8-17-15(9-12)20-11-25-17/h4-11,16H,3H2,1-2H3,(H,21,22). The lowest BCUT2D eigenvalue weighted by molar-refractivity contribution is -0.124. The number of carbonyl (C=O) groups excluding carboxylic acids is 2. The van der Waals surface area contributed by atoms with Crippen LogP contribution in [0.5, 0.6) is 5.75 Å². The number of anilines is 1. The topological polar surface area (TPSA) is 90.7 Å². The molecule has 2 aromatic carbocycles. The number of hydrogen-bond donors (Lipinski definition) is 1. The molecule has 0 fully saturated rings. The van der Waals surface area contributed by atoms with E-state index >= 15 is 0 Å². The third-order valence-electron chi connectivity index (χ3n) is 3.82. The fourth-order valence-corrected chi connectivity index (χ4v) is 2.43. The Balaban J connectivity index is 1.69. The molecule has 134 valence electrons. The number of methoxy groups -OCH3 is 1. The number of oxazole rings is 1. The summed E-state index contributed by atoms with van der Waals surface area (Å²) in [6, 6.07) is 11.7. The summed E-state index contributed by atoms with van der Waals surface area (Å²) in [5.41, 5.74) is 1.99. The van der Waals surface area contributed by atoms with E-state index in [9.17, 15) is 9.59 Å². The number of hydrogen-bond acceptors (Lipinski definition) is 6. The fourth-order valence-electron chi connectivity index (χ4n) is 2.43. The van der Waals surface area contributed by atoms with Crippen molar-refractivity contribution in [3.63, 3.8) is 0 Å². The summed E-state index contributed by atoms with van der Waals surface area (Å²) in [5.74, 6) is -0.382. The van der Waals surface area contributed by atoms with Gasteiger partial charge in [0.25, 0.3) is 5.91 Å². The van der Waals surface area contributed by atoms with Crippen LogP contribution in [0.2, 0.25) is 0 Å². The highest BCUT2D eigenvalue weighted by atomic mass is 16.5. The zero-order valence-electron chi connectivity index (χ0n) is 14.4. The van der Waals surface area contributed by atoms with E-state index in [4.69, 9.17) is 13.9 Å². The smallest absolute Gasteiger partial charge is 0.338 e. The molecule has 1 amide bonds. The molecule has 3 aromatic rings. The maximum absolute atomic E-state index is 12.4. The first-order valence-electron chi connectivity index (χ1n) is 8.10. The van der Waals surface area contributed by atoms with E-state index in [1.807, 2.05) is 0 Å². The van der Waals surface area contributed by atoms with E-state index in [0.29, 0.717) is 34.5 Å². The van der Waals surface area contributed by atoms with E-state index < -0.39 is 18.0 Å². The van der Waals surface area contributed by atoms with E-state index in [-0.39, 0.29) is 0 Å². The zero-order chi connectivity index (χ0) is 18.5. The maximum Gasteiger partial charge on any atom is 0.338 e. The van der Waals surface area contributed by atoms with Crippen LogP contribution in [0.15, 0.2) is 53.3 Å². The van der Waals surface area contributed by atoms with E-state index in [2.05, 4.69) is 10.3 Å². The summed E-state index contributed by atoms with van der Waals surface area (Å²) >= 11 is 0. The summed E-state index contributed by atoms with van der Waals surface area (Å²) in [5, 5.41) is 2.73. The molecule has 1 N–H and O–H groups in total. The number of amides is 1. The lowest BCUT2D eigenvalue weighted by atomic mass is 10.2. The Kier molecular flexibility index (Phi) is 5.17. The molecule has 3 rings (SSSR count). The van der Waals surface area contributed by atoms with Crippen molar-refractivity contribution in [1.82, 2.24) is 4.98 Å². The van der Waals surface area contributed by atoms with Gasteiger partial charge < -0.3 is 19.2 Å². The Bertz CT molecular complexity index is 934. The number of fused-ring (bicyclic) bond motifs is 1. The van der Waals surface area contributed by atoms with Crippen LogP contribution in [-0.4, -0.2) is 30.1 Å². The Morgan fingerprint density at radius 3 is 2.85 bits per heavy atom. The van der Waals surface area contributed by atoms with E-state index in [1.54, 1.807) is 56.5 Å². The molecule has 1 heterocycles. The highest BCUT2D eigenvalue weighted by molar-refractivity contribution is 5.98. The molecular weight excluding hydrogens is 336 g/mol. The minimum atomic E-state index is -0.915. The third kappa shape index (κ3) is 3.83. The number of aromatic nitrogens is 1. The van der Waals surface area contributed by atoms with Gasteiger partial charge in [-0.1, -0.05) is 13.0 Å². The van der Waals surface area contributed by atoms with Crippen molar-refractivity contribution in [2.45, 2.75) is 19.4 Å². The molecule has 1 atom stereocenters. The molecule has 0 radical (unpaired) electrons. The predicted octanol–water partition coefficient (Wildman–Crippen LogP) is 3.41. The predicted molar refractivity (Wildman–Crippen MR) is 95.1 cm³/mol. The van der Waals surface area contributed by atoms with E-state index in [1.165, 1.54) is 6.39 Å². The van der Waals surface area contributed by atoms with Gasteiger partial charge in [-0.3, -0.25) is 4.79 Å². The lowest BCUT2D eigenvalue weighted by Crippen LogP contribution is -2.32. The van der Waals surface area contributed by atoms with Gasteiger partial charge in [0.1, 0.15) is 11.3 Å². The van der Waals surface area contributed by atoms with Crippen LogP contribution in [-0.2, 0) is 9.53 Å². The van der Waals surface area contributed by atoms with Gasteiger partial charge in [0, 0.05) is 11.8 Å². The van der Waals surface area contributed by atoms with Gasteiger partial charge in [0.05, 0.1) is 12.7 Å². The summed E-state index contributed by atoms with van der Waals surface area (Å²) < 4.78 is 15.6. The Hall–Kier alpha value is -3.35. The summed E-state index contributed by atoms with van der Waals surface area (Å²) in [6.07, 6.45) is 0.728. The SMILES string of the molecule is CCC(OC(=O)c1ccc2ocnc2c1)C(=O)Nc1cccc(OC)c1. The van der Waals surface area contributed by atoms with Crippen LogP contribution in [0.25, 0.3) is 11.1 Å². The van der Waals surface area contributed by atoms with Crippen LogP contribution in [0.3, 0.4) is 0 Å².